The smallest absolute Gasteiger partial charge is 0.255 e. The quantitative estimate of drug-likeness (QED) is 0.836. The normalized spacial score (nSPS) is 20.7. The van der Waals surface area contributed by atoms with Crippen LogP contribution in [0.25, 0.3) is 0 Å². The Morgan fingerprint density at radius 1 is 1.07 bits per heavy atom. The van der Waals surface area contributed by atoms with Crippen molar-refractivity contribution >= 4 is 21.6 Å². The van der Waals surface area contributed by atoms with E-state index in [-0.39, 0.29) is 16.6 Å². The molecule has 0 bridgehead atoms. The van der Waals surface area contributed by atoms with Crippen LogP contribution >= 0.6 is 0 Å². The van der Waals surface area contributed by atoms with Crippen molar-refractivity contribution in [2.45, 2.75) is 32.1 Å². The van der Waals surface area contributed by atoms with E-state index in [0.717, 1.165) is 6.42 Å². The predicted octanol–water partition coefficient (Wildman–Crippen LogP) is 4.05. The van der Waals surface area contributed by atoms with Gasteiger partial charge >= 0.3 is 0 Å². The van der Waals surface area contributed by atoms with E-state index in [2.05, 4.69) is 19.2 Å². The van der Waals surface area contributed by atoms with Crippen molar-refractivity contribution in [3.63, 3.8) is 0 Å². The van der Waals surface area contributed by atoms with Crippen molar-refractivity contribution in [3.8, 4) is 0 Å². The molecule has 0 unspecified atom stereocenters. The van der Waals surface area contributed by atoms with E-state index >= 15 is 0 Å². The number of piperidine rings is 1. The SMILES string of the molecule is Cc1cc(F)ccc1NC(=O)c1ccc(S(=O)(=O)N2C[C@H](C)C[C@H](C)C2)cc1. The number of halogens is 1. The maximum absolute atomic E-state index is 13.2. The highest BCUT2D eigenvalue weighted by atomic mass is 32.2. The van der Waals surface area contributed by atoms with Crippen molar-refractivity contribution in [1.82, 2.24) is 4.31 Å². The molecule has 5 nitrogen and oxygen atoms in total. The minimum absolute atomic E-state index is 0.184. The Balaban J connectivity index is 1.76. The van der Waals surface area contributed by atoms with Crippen LogP contribution in [0.3, 0.4) is 0 Å². The van der Waals surface area contributed by atoms with Gasteiger partial charge in [-0.15, -0.1) is 0 Å². The molecule has 0 radical (unpaired) electrons. The molecule has 1 heterocycles. The first-order chi connectivity index (χ1) is 13.2. The lowest BCUT2D eigenvalue weighted by atomic mass is 9.94. The molecule has 1 aliphatic heterocycles. The Morgan fingerprint density at radius 2 is 1.68 bits per heavy atom. The van der Waals surface area contributed by atoms with Gasteiger partial charge in [0.1, 0.15) is 5.82 Å². The number of amides is 1. The van der Waals surface area contributed by atoms with Gasteiger partial charge in [-0.1, -0.05) is 13.8 Å². The molecular weight excluding hydrogens is 379 g/mol. The molecular formula is C21H25FN2O3S. The lowest BCUT2D eigenvalue weighted by Crippen LogP contribution is -2.42. The number of sulfonamides is 1. The van der Waals surface area contributed by atoms with E-state index in [9.17, 15) is 17.6 Å². The van der Waals surface area contributed by atoms with Crippen LogP contribution < -0.4 is 5.32 Å². The highest BCUT2D eigenvalue weighted by Crippen LogP contribution is 2.27. The average molecular weight is 405 g/mol. The summed E-state index contributed by atoms with van der Waals surface area (Å²) in [5.41, 5.74) is 1.46. The number of hydrogen-bond donors (Lipinski definition) is 1. The number of nitrogens with one attached hydrogen (secondary N) is 1. The van der Waals surface area contributed by atoms with E-state index in [0.29, 0.717) is 41.7 Å². The summed E-state index contributed by atoms with van der Waals surface area (Å²) in [6, 6.07) is 10.0. The van der Waals surface area contributed by atoms with Crippen LogP contribution in [0.5, 0.6) is 0 Å². The number of nitrogens with zero attached hydrogens (tertiary/aromatic N) is 1. The van der Waals surface area contributed by atoms with Crippen molar-refractivity contribution in [3.05, 3.63) is 59.4 Å². The van der Waals surface area contributed by atoms with Crippen LogP contribution in [0.4, 0.5) is 10.1 Å². The first-order valence-corrected chi connectivity index (χ1v) is 10.8. The van der Waals surface area contributed by atoms with Gasteiger partial charge in [0.2, 0.25) is 10.0 Å². The highest BCUT2D eigenvalue weighted by Gasteiger charge is 2.31. The zero-order valence-corrected chi connectivity index (χ0v) is 17.1. The van der Waals surface area contributed by atoms with Crippen molar-refractivity contribution in [2.75, 3.05) is 18.4 Å². The van der Waals surface area contributed by atoms with E-state index < -0.39 is 10.0 Å². The molecule has 2 aromatic rings. The summed E-state index contributed by atoms with van der Waals surface area (Å²) in [7, 11) is -3.58. The van der Waals surface area contributed by atoms with Gasteiger partial charge in [-0.3, -0.25) is 4.79 Å². The van der Waals surface area contributed by atoms with Crippen molar-refractivity contribution in [2.24, 2.45) is 11.8 Å². The summed E-state index contributed by atoms with van der Waals surface area (Å²) in [6.45, 7) is 6.85. The van der Waals surface area contributed by atoms with E-state index in [1.54, 1.807) is 6.92 Å². The van der Waals surface area contributed by atoms with Crippen LogP contribution in [0.2, 0.25) is 0 Å². The van der Waals surface area contributed by atoms with Gasteiger partial charge in [-0.05, 0) is 73.2 Å². The second-order valence-electron chi connectivity index (χ2n) is 7.71. The molecule has 2 aromatic carbocycles. The van der Waals surface area contributed by atoms with Gasteiger partial charge in [0.15, 0.2) is 0 Å². The Labute approximate surface area is 165 Å². The van der Waals surface area contributed by atoms with E-state index in [1.807, 2.05) is 0 Å². The molecule has 0 saturated carbocycles. The maximum atomic E-state index is 13.2. The lowest BCUT2D eigenvalue weighted by Gasteiger charge is -2.34. The molecule has 1 saturated heterocycles. The third-order valence-corrected chi connectivity index (χ3v) is 6.87. The Morgan fingerprint density at radius 3 is 2.25 bits per heavy atom. The monoisotopic (exact) mass is 404 g/mol. The fourth-order valence-electron chi connectivity index (χ4n) is 3.69. The Kier molecular flexibility index (Phi) is 5.86. The first-order valence-electron chi connectivity index (χ1n) is 9.34. The van der Waals surface area contributed by atoms with Crippen LogP contribution in [0, 0.1) is 24.6 Å². The van der Waals surface area contributed by atoms with E-state index in [4.69, 9.17) is 0 Å². The van der Waals surface area contributed by atoms with Gasteiger partial charge in [0.25, 0.3) is 5.91 Å². The molecule has 28 heavy (non-hydrogen) atoms. The minimum Gasteiger partial charge on any atom is -0.322 e. The fraction of sp³-hybridized carbons (Fsp3) is 0.381. The third kappa shape index (κ3) is 4.42. The van der Waals surface area contributed by atoms with Gasteiger partial charge < -0.3 is 5.32 Å². The molecule has 2 atom stereocenters. The number of carbonyl (C=O) groups excluding carboxylic acids is 1. The molecule has 1 fully saturated rings. The largest absolute Gasteiger partial charge is 0.322 e. The number of aryl methyl sites for hydroxylation is 1. The van der Waals surface area contributed by atoms with Gasteiger partial charge in [0.05, 0.1) is 4.90 Å². The predicted molar refractivity (Wildman–Crippen MR) is 107 cm³/mol. The van der Waals surface area contributed by atoms with E-state index in [1.165, 1.54) is 46.8 Å². The van der Waals surface area contributed by atoms with Crippen LogP contribution in [-0.2, 0) is 10.0 Å². The number of anilines is 1. The summed E-state index contributed by atoms with van der Waals surface area (Å²) >= 11 is 0. The molecule has 0 aromatic heterocycles. The number of carbonyl (C=O) groups is 1. The van der Waals surface area contributed by atoms with Crippen LogP contribution in [-0.4, -0.2) is 31.7 Å². The van der Waals surface area contributed by atoms with Gasteiger partial charge in [0, 0.05) is 24.3 Å². The minimum atomic E-state index is -3.58. The second kappa shape index (κ2) is 8.01. The maximum Gasteiger partial charge on any atom is 0.255 e. The molecule has 7 heteroatoms. The molecule has 1 amide bonds. The van der Waals surface area contributed by atoms with Crippen molar-refractivity contribution < 1.29 is 17.6 Å². The summed E-state index contributed by atoms with van der Waals surface area (Å²) in [5, 5.41) is 2.72. The summed E-state index contributed by atoms with van der Waals surface area (Å²) < 4.78 is 40.6. The molecule has 0 spiro atoms. The molecule has 0 aliphatic carbocycles. The molecule has 1 N–H and O–H groups in total. The number of rotatable bonds is 4. The Bertz CT molecular complexity index is 964. The number of hydrogen-bond acceptors (Lipinski definition) is 3. The van der Waals surface area contributed by atoms with Gasteiger partial charge in [-0.25, -0.2) is 12.8 Å². The average Bonchev–Trinajstić information content (AvgIpc) is 2.63. The molecule has 150 valence electrons. The standard InChI is InChI=1S/C21H25FN2O3S/c1-14-10-15(2)13-24(12-14)28(26,27)19-7-4-17(5-8-19)21(25)23-20-9-6-18(22)11-16(20)3/h4-9,11,14-15H,10,12-13H2,1-3H3,(H,23,25)/t14-,15+. The third-order valence-electron chi connectivity index (χ3n) is 5.03. The van der Waals surface area contributed by atoms with Crippen LogP contribution in [0.1, 0.15) is 36.2 Å². The zero-order chi connectivity index (χ0) is 20.5. The topological polar surface area (TPSA) is 66.5 Å². The van der Waals surface area contributed by atoms with Crippen LogP contribution in [0.15, 0.2) is 47.4 Å². The first kappa shape index (κ1) is 20.5. The molecule has 1 aliphatic rings. The highest BCUT2D eigenvalue weighted by molar-refractivity contribution is 7.89. The fourth-order valence-corrected chi connectivity index (χ4v) is 5.37. The van der Waals surface area contributed by atoms with Gasteiger partial charge in [-0.2, -0.15) is 4.31 Å². The Hall–Kier alpha value is -2.25. The lowest BCUT2D eigenvalue weighted by molar-refractivity contribution is 0.102. The second-order valence-corrected chi connectivity index (χ2v) is 9.64. The molecule has 3 rings (SSSR count). The zero-order valence-electron chi connectivity index (χ0n) is 16.3. The summed E-state index contributed by atoms with van der Waals surface area (Å²) in [4.78, 5) is 12.6. The van der Waals surface area contributed by atoms with Crippen molar-refractivity contribution in [1.29, 1.82) is 0 Å². The summed E-state index contributed by atoms with van der Waals surface area (Å²) in [5.74, 6) is -0.102. The number of benzene rings is 2. The summed E-state index contributed by atoms with van der Waals surface area (Å²) in [6.07, 6.45) is 1.02.